The molecule has 0 bridgehead atoms. The third kappa shape index (κ3) is 9.02. The standard InChI is InChI=1S/C21H30O9/c1-4-25-9-12-28-19(22)16-7-8-17(20(23)29-13-10-26-5-2)18(15-16)21(24)30-14-11-27-6-3/h4-6,16-18H,1-3,7-15H2. The molecule has 3 atom stereocenters. The molecule has 0 aromatic carbocycles. The fourth-order valence-electron chi connectivity index (χ4n) is 3.08. The van der Waals surface area contributed by atoms with Gasteiger partial charge < -0.3 is 28.4 Å². The van der Waals surface area contributed by atoms with Crippen LogP contribution in [0.3, 0.4) is 0 Å². The van der Waals surface area contributed by atoms with Gasteiger partial charge in [0.15, 0.2) is 0 Å². The molecule has 3 unspecified atom stereocenters. The zero-order valence-electron chi connectivity index (χ0n) is 17.1. The Morgan fingerprint density at radius 1 is 0.633 bits per heavy atom. The lowest BCUT2D eigenvalue weighted by atomic mass is 9.74. The van der Waals surface area contributed by atoms with Crippen LogP contribution < -0.4 is 0 Å². The molecule has 1 fully saturated rings. The molecule has 0 amide bonds. The lowest BCUT2D eigenvalue weighted by Crippen LogP contribution is -2.40. The maximum atomic E-state index is 12.6. The third-order valence-corrected chi connectivity index (χ3v) is 4.48. The molecule has 0 spiro atoms. The van der Waals surface area contributed by atoms with Gasteiger partial charge in [-0.1, -0.05) is 19.7 Å². The van der Waals surface area contributed by atoms with E-state index in [9.17, 15) is 14.4 Å². The van der Waals surface area contributed by atoms with Crippen molar-refractivity contribution in [3.63, 3.8) is 0 Å². The van der Waals surface area contributed by atoms with Crippen molar-refractivity contribution in [2.75, 3.05) is 39.6 Å². The van der Waals surface area contributed by atoms with Crippen molar-refractivity contribution in [2.24, 2.45) is 17.8 Å². The molecule has 1 rings (SSSR count). The number of ether oxygens (including phenoxy) is 6. The Hall–Kier alpha value is -2.97. The number of hydrogen-bond donors (Lipinski definition) is 0. The van der Waals surface area contributed by atoms with Crippen molar-refractivity contribution in [1.82, 2.24) is 0 Å². The molecular weight excluding hydrogens is 396 g/mol. The van der Waals surface area contributed by atoms with E-state index in [4.69, 9.17) is 28.4 Å². The Morgan fingerprint density at radius 3 is 1.53 bits per heavy atom. The van der Waals surface area contributed by atoms with Crippen LogP contribution in [0.15, 0.2) is 38.5 Å². The smallest absolute Gasteiger partial charge is 0.309 e. The SMILES string of the molecule is C=COCCOC(=O)C1CCC(C(=O)OCCOC=C)C(C(=O)OCCOC=C)C1. The Labute approximate surface area is 176 Å². The Balaban J connectivity index is 2.70. The molecule has 1 saturated carbocycles. The summed E-state index contributed by atoms with van der Waals surface area (Å²) in [6.07, 6.45) is 4.57. The predicted octanol–water partition coefficient (Wildman–Crippen LogP) is 2.13. The highest BCUT2D eigenvalue weighted by Gasteiger charge is 2.43. The molecule has 168 valence electrons. The van der Waals surface area contributed by atoms with E-state index in [1.54, 1.807) is 0 Å². The molecule has 0 heterocycles. The van der Waals surface area contributed by atoms with Crippen LogP contribution in [0.25, 0.3) is 0 Å². The lowest BCUT2D eigenvalue weighted by molar-refractivity contribution is -0.168. The number of esters is 3. The van der Waals surface area contributed by atoms with Gasteiger partial charge in [-0.25, -0.2) is 0 Å². The first-order chi connectivity index (χ1) is 14.5. The van der Waals surface area contributed by atoms with Crippen LogP contribution >= 0.6 is 0 Å². The second-order valence-electron chi connectivity index (χ2n) is 6.34. The first kappa shape index (κ1) is 25.1. The monoisotopic (exact) mass is 426 g/mol. The van der Waals surface area contributed by atoms with Crippen LogP contribution in [-0.4, -0.2) is 57.5 Å². The molecule has 0 radical (unpaired) electrons. The topological polar surface area (TPSA) is 107 Å². The first-order valence-corrected chi connectivity index (χ1v) is 9.72. The van der Waals surface area contributed by atoms with Crippen molar-refractivity contribution >= 4 is 17.9 Å². The number of carbonyl (C=O) groups is 3. The predicted molar refractivity (Wildman–Crippen MR) is 106 cm³/mol. The van der Waals surface area contributed by atoms with Crippen LogP contribution in [0.4, 0.5) is 0 Å². The summed E-state index contributed by atoms with van der Waals surface area (Å²) < 4.78 is 30.3. The van der Waals surface area contributed by atoms with Gasteiger partial charge in [-0.2, -0.15) is 0 Å². The summed E-state index contributed by atoms with van der Waals surface area (Å²) in [7, 11) is 0. The van der Waals surface area contributed by atoms with E-state index in [0.717, 1.165) is 0 Å². The van der Waals surface area contributed by atoms with Gasteiger partial charge in [-0.15, -0.1) is 0 Å². The van der Waals surface area contributed by atoms with E-state index in [0.29, 0.717) is 12.8 Å². The molecule has 9 heteroatoms. The third-order valence-electron chi connectivity index (χ3n) is 4.48. The molecule has 0 N–H and O–H groups in total. The lowest BCUT2D eigenvalue weighted by Gasteiger charge is -2.32. The van der Waals surface area contributed by atoms with Gasteiger partial charge in [0.1, 0.15) is 39.6 Å². The zero-order valence-corrected chi connectivity index (χ0v) is 17.1. The zero-order chi connectivity index (χ0) is 22.2. The van der Waals surface area contributed by atoms with E-state index in [2.05, 4.69) is 19.7 Å². The average Bonchev–Trinajstić information content (AvgIpc) is 2.76. The van der Waals surface area contributed by atoms with Crippen LogP contribution in [0.1, 0.15) is 19.3 Å². The van der Waals surface area contributed by atoms with Crippen LogP contribution in [0.2, 0.25) is 0 Å². The highest BCUT2D eigenvalue weighted by Crippen LogP contribution is 2.36. The maximum absolute atomic E-state index is 12.6. The number of carbonyl (C=O) groups excluding carboxylic acids is 3. The normalized spacial score (nSPS) is 20.2. The van der Waals surface area contributed by atoms with Crippen molar-refractivity contribution in [3.8, 4) is 0 Å². The van der Waals surface area contributed by atoms with Gasteiger partial charge in [-0.3, -0.25) is 14.4 Å². The maximum Gasteiger partial charge on any atom is 0.309 e. The highest BCUT2D eigenvalue weighted by atomic mass is 16.6. The van der Waals surface area contributed by atoms with E-state index in [-0.39, 0.29) is 46.1 Å². The second-order valence-corrected chi connectivity index (χ2v) is 6.34. The number of hydrogen-bond acceptors (Lipinski definition) is 9. The van der Waals surface area contributed by atoms with Gasteiger partial charge in [0.05, 0.1) is 36.5 Å². The minimum Gasteiger partial charge on any atom is -0.498 e. The highest BCUT2D eigenvalue weighted by molar-refractivity contribution is 5.83. The Kier molecular flexibility index (Phi) is 12.5. The largest absolute Gasteiger partial charge is 0.498 e. The molecule has 1 aliphatic rings. The fraction of sp³-hybridized carbons (Fsp3) is 0.571. The molecule has 30 heavy (non-hydrogen) atoms. The Bertz CT molecular complexity index is 587. The minimum atomic E-state index is -0.822. The van der Waals surface area contributed by atoms with E-state index in [1.165, 1.54) is 18.8 Å². The van der Waals surface area contributed by atoms with E-state index < -0.39 is 35.7 Å². The number of rotatable bonds is 15. The summed E-state index contributed by atoms with van der Waals surface area (Å²) in [5.74, 6) is -3.62. The minimum absolute atomic E-state index is 0.00427. The first-order valence-electron chi connectivity index (χ1n) is 9.72. The summed E-state index contributed by atoms with van der Waals surface area (Å²) in [5, 5.41) is 0. The van der Waals surface area contributed by atoms with E-state index in [1.807, 2.05) is 0 Å². The molecule has 9 nitrogen and oxygen atoms in total. The van der Waals surface area contributed by atoms with Crippen LogP contribution in [0.5, 0.6) is 0 Å². The molecular formula is C21H30O9. The van der Waals surface area contributed by atoms with Gasteiger partial charge >= 0.3 is 17.9 Å². The molecule has 0 aromatic heterocycles. The summed E-state index contributed by atoms with van der Waals surface area (Å²) in [6, 6.07) is 0. The van der Waals surface area contributed by atoms with Crippen molar-refractivity contribution in [3.05, 3.63) is 38.5 Å². The second kappa shape index (κ2) is 14.9. The van der Waals surface area contributed by atoms with Crippen LogP contribution in [0, 0.1) is 17.8 Å². The Morgan fingerprint density at radius 2 is 1.07 bits per heavy atom. The quantitative estimate of drug-likeness (QED) is 0.168. The van der Waals surface area contributed by atoms with Gasteiger partial charge in [0.25, 0.3) is 0 Å². The van der Waals surface area contributed by atoms with Crippen molar-refractivity contribution in [2.45, 2.75) is 19.3 Å². The molecule has 0 aliphatic heterocycles. The molecule has 0 aromatic rings. The van der Waals surface area contributed by atoms with Gasteiger partial charge in [-0.05, 0) is 19.3 Å². The summed E-state index contributed by atoms with van der Waals surface area (Å²) in [6.45, 7) is 10.8. The summed E-state index contributed by atoms with van der Waals surface area (Å²) >= 11 is 0. The average molecular weight is 426 g/mol. The fourth-order valence-corrected chi connectivity index (χ4v) is 3.08. The van der Waals surface area contributed by atoms with Gasteiger partial charge in [0.2, 0.25) is 0 Å². The van der Waals surface area contributed by atoms with Crippen molar-refractivity contribution < 1.29 is 42.8 Å². The van der Waals surface area contributed by atoms with Crippen LogP contribution in [-0.2, 0) is 42.8 Å². The molecule has 0 saturated heterocycles. The van der Waals surface area contributed by atoms with E-state index >= 15 is 0 Å². The summed E-state index contributed by atoms with van der Waals surface area (Å²) in [5.41, 5.74) is 0. The van der Waals surface area contributed by atoms with Crippen molar-refractivity contribution in [1.29, 1.82) is 0 Å². The summed E-state index contributed by atoms with van der Waals surface area (Å²) in [4.78, 5) is 37.4. The van der Waals surface area contributed by atoms with Gasteiger partial charge in [0, 0.05) is 0 Å². The molecule has 1 aliphatic carbocycles.